The van der Waals surface area contributed by atoms with Crippen LogP contribution in [-0.2, 0) is 6.42 Å². The van der Waals surface area contributed by atoms with E-state index in [1.165, 1.54) is 0 Å². The van der Waals surface area contributed by atoms with Crippen LogP contribution in [0.4, 0.5) is 0 Å². The van der Waals surface area contributed by atoms with Gasteiger partial charge in [-0.05, 0) is 25.0 Å². The molecule has 0 aromatic carbocycles. The summed E-state index contributed by atoms with van der Waals surface area (Å²) in [5.74, 6) is 0.0624. The largest absolute Gasteiger partial charge is 0.351 e. The first-order valence-electron chi connectivity index (χ1n) is 8.05. The molecule has 126 valence electrons. The van der Waals surface area contributed by atoms with Gasteiger partial charge in [0.2, 0.25) is 5.76 Å². The van der Waals surface area contributed by atoms with Gasteiger partial charge in [0.25, 0.3) is 11.8 Å². The van der Waals surface area contributed by atoms with Crippen LogP contribution in [0, 0.1) is 6.92 Å². The Morgan fingerprint density at radius 2 is 1.83 bits per heavy atom. The molecular formula is C17H20N4O3. The predicted molar refractivity (Wildman–Crippen MR) is 86.7 cm³/mol. The Kier molecular flexibility index (Phi) is 4.59. The third kappa shape index (κ3) is 3.15. The van der Waals surface area contributed by atoms with Crippen LogP contribution in [0.1, 0.15) is 39.1 Å². The summed E-state index contributed by atoms with van der Waals surface area (Å²) >= 11 is 0. The Morgan fingerprint density at radius 3 is 2.42 bits per heavy atom. The molecule has 0 aliphatic carbocycles. The highest BCUT2D eigenvalue weighted by Crippen LogP contribution is 2.15. The number of amides is 2. The maximum atomic E-state index is 12.7. The van der Waals surface area contributed by atoms with E-state index in [0.717, 1.165) is 12.0 Å². The normalized spacial score (nSPS) is 14.8. The highest BCUT2D eigenvalue weighted by Gasteiger charge is 2.27. The number of carbonyl (C=O) groups is 2. The molecule has 2 aromatic rings. The van der Waals surface area contributed by atoms with Gasteiger partial charge < -0.3 is 14.3 Å². The van der Waals surface area contributed by atoms with Crippen LogP contribution in [-0.4, -0.2) is 57.9 Å². The van der Waals surface area contributed by atoms with Gasteiger partial charge in [0, 0.05) is 50.2 Å². The number of rotatable bonds is 3. The fourth-order valence-corrected chi connectivity index (χ4v) is 2.82. The second-order valence-corrected chi connectivity index (χ2v) is 5.80. The molecule has 3 heterocycles. The number of hydrogen-bond donors (Lipinski definition) is 0. The van der Waals surface area contributed by atoms with Crippen molar-refractivity contribution in [2.24, 2.45) is 0 Å². The summed E-state index contributed by atoms with van der Waals surface area (Å²) in [5.41, 5.74) is 2.31. The zero-order chi connectivity index (χ0) is 17.1. The molecule has 1 aliphatic heterocycles. The summed E-state index contributed by atoms with van der Waals surface area (Å²) in [5, 5.41) is 3.74. The zero-order valence-electron chi connectivity index (χ0n) is 13.9. The van der Waals surface area contributed by atoms with E-state index in [1.54, 1.807) is 41.2 Å². The molecule has 2 amide bonds. The van der Waals surface area contributed by atoms with Crippen LogP contribution < -0.4 is 0 Å². The summed E-state index contributed by atoms with van der Waals surface area (Å²) < 4.78 is 5.02. The topological polar surface area (TPSA) is 79.5 Å². The molecule has 1 aliphatic rings. The van der Waals surface area contributed by atoms with Crippen molar-refractivity contribution >= 4 is 11.8 Å². The van der Waals surface area contributed by atoms with Gasteiger partial charge in [0.05, 0.1) is 5.69 Å². The third-order valence-corrected chi connectivity index (χ3v) is 4.21. The van der Waals surface area contributed by atoms with Crippen molar-refractivity contribution in [3.8, 4) is 0 Å². The summed E-state index contributed by atoms with van der Waals surface area (Å²) in [6.45, 7) is 5.75. The standard InChI is InChI=1S/C17H20N4O3/c1-3-13-11-18-5-4-14(13)16(22)20-6-8-21(9-7-20)17(23)15-10-12(2)19-24-15/h4-5,10-11H,3,6-9H2,1-2H3. The number of aromatic nitrogens is 2. The first-order valence-corrected chi connectivity index (χ1v) is 8.05. The van der Waals surface area contributed by atoms with Gasteiger partial charge in [0.1, 0.15) is 0 Å². The minimum atomic E-state index is -0.180. The number of hydrogen-bond acceptors (Lipinski definition) is 5. The van der Waals surface area contributed by atoms with Gasteiger partial charge in [-0.25, -0.2) is 0 Å². The minimum absolute atomic E-state index is 0.00291. The molecule has 1 fully saturated rings. The Morgan fingerprint density at radius 1 is 1.17 bits per heavy atom. The number of pyridine rings is 1. The lowest BCUT2D eigenvalue weighted by Crippen LogP contribution is -2.50. The molecule has 2 aromatic heterocycles. The van der Waals surface area contributed by atoms with Crippen molar-refractivity contribution < 1.29 is 14.1 Å². The van der Waals surface area contributed by atoms with E-state index in [4.69, 9.17) is 4.52 Å². The maximum absolute atomic E-state index is 12.7. The third-order valence-electron chi connectivity index (χ3n) is 4.21. The first kappa shape index (κ1) is 16.2. The average molecular weight is 328 g/mol. The van der Waals surface area contributed by atoms with Crippen LogP contribution >= 0.6 is 0 Å². The van der Waals surface area contributed by atoms with E-state index in [-0.39, 0.29) is 17.6 Å². The molecule has 7 heteroatoms. The van der Waals surface area contributed by atoms with E-state index in [1.807, 2.05) is 6.92 Å². The van der Waals surface area contributed by atoms with Crippen molar-refractivity contribution in [1.29, 1.82) is 0 Å². The molecule has 0 saturated carbocycles. The summed E-state index contributed by atoms with van der Waals surface area (Å²) in [6, 6.07) is 3.39. The Hall–Kier alpha value is -2.70. The molecule has 1 saturated heterocycles. The molecule has 0 N–H and O–H groups in total. The van der Waals surface area contributed by atoms with Crippen molar-refractivity contribution in [3.63, 3.8) is 0 Å². The fourth-order valence-electron chi connectivity index (χ4n) is 2.82. The van der Waals surface area contributed by atoms with E-state index < -0.39 is 0 Å². The number of aryl methyl sites for hydroxylation is 2. The van der Waals surface area contributed by atoms with Crippen molar-refractivity contribution in [1.82, 2.24) is 19.9 Å². The van der Waals surface area contributed by atoms with Gasteiger partial charge in [0.15, 0.2) is 0 Å². The molecule has 0 unspecified atom stereocenters. The second-order valence-electron chi connectivity index (χ2n) is 5.80. The predicted octanol–water partition coefficient (Wildman–Crippen LogP) is 1.54. The summed E-state index contributed by atoms with van der Waals surface area (Å²) in [6.07, 6.45) is 4.13. The molecule has 0 bridgehead atoms. The first-order chi connectivity index (χ1) is 11.6. The SMILES string of the molecule is CCc1cnccc1C(=O)N1CCN(C(=O)c2cc(C)no2)CC1. The quantitative estimate of drug-likeness (QED) is 0.854. The Balaban J connectivity index is 1.64. The maximum Gasteiger partial charge on any atom is 0.292 e. The number of nitrogens with zero attached hydrogens (tertiary/aromatic N) is 4. The summed E-state index contributed by atoms with van der Waals surface area (Å²) in [4.78, 5) is 32.6. The van der Waals surface area contributed by atoms with Crippen molar-refractivity contribution in [2.75, 3.05) is 26.2 Å². The number of piperazine rings is 1. The van der Waals surface area contributed by atoms with Crippen LogP contribution in [0.2, 0.25) is 0 Å². The average Bonchev–Trinajstić information content (AvgIpc) is 3.07. The second kappa shape index (κ2) is 6.82. The van der Waals surface area contributed by atoms with Gasteiger partial charge in [-0.3, -0.25) is 14.6 Å². The van der Waals surface area contributed by atoms with E-state index >= 15 is 0 Å². The minimum Gasteiger partial charge on any atom is -0.351 e. The van der Waals surface area contributed by atoms with Gasteiger partial charge >= 0.3 is 0 Å². The van der Waals surface area contributed by atoms with Gasteiger partial charge in [-0.2, -0.15) is 0 Å². The van der Waals surface area contributed by atoms with Crippen LogP contribution in [0.25, 0.3) is 0 Å². The zero-order valence-corrected chi connectivity index (χ0v) is 13.9. The Labute approximate surface area is 140 Å². The molecule has 24 heavy (non-hydrogen) atoms. The van der Waals surface area contributed by atoms with Crippen molar-refractivity contribution in [2.45, 2.75) is 20.3 Å². The molecule has 3 rings (SSSR count). The summed E-state index contributed by atoms with van der Waals surface area (Å²) in [7, 11) is 0. The van der Waals surface area contributed by atoms with Crippen LogP contribution in [0.3, 0.4) is 0 Å². The lowest BCUT2D eigenvalue weighted by Gasteiger charge is -2.34. The van der Waals surface area contributed by atoms with Gasteiger partial charge in [-0.15, -0.1) is 0 Å². The fraction of sp³-hybridized carbons (Fsp3) is 0.412. The number of carbonyl (C=O) groups excluding carboxylic acids is 2. The van der Waals surface area contributed by atoms with Crippen LogP contribution in [0.5, 0.6) is 0 Å². The molecular weight excluding hydrogens is 308 g/mol. The molecule has 0 radical (unpaired) electrons. The highest BCUT2D eigenvalue weighted by atomic mass is 16.5. The van der Waals surface area contributed by atoms with Gasteiger partial charge in [-0.1, -0.05) is 12.1 Å². The van der Waals surface area contributed by atoms with E-state index in [2.05, 4.69) is 10.1 Å². The molecule has 0 atom stereocenters. The van der Waals surface area contributed by atoms with E-state index in [0.29, 0.717) is 37.4 Å². The van der Waals surface area contributed by atoms with E-state index in [9.17, 15) is 9.59 Å². The van der Waals surface area contributed by atoms with Crippen LogP contribution in [0.15, 0.2) is 29.0 Å². The molecule has 0 spiro atoms. The Bertz CT molecular complexity index is 748. The lowest BCUT2D eigenvalue weighted by atomic mass is 10.1. The lowest BCUT2D eigenvalue weighted by molar-refractivity contribution is 0.0512. The highest BCUT2D eigenvalue weighted by molar-refractivity contribution is 5.96. The monoisotopic (exact) mass is 328 g/mol. The molecule has 7 nitrogen and oxygen atoms in total. The van der Waals surface area contributed by atoms with Crippen molar-refractivity contribution in [3.05, 3.63) is 47.1 Å². The smallest absolute Gasteiger partial charge is 0.292 e.